The average Bonchev–Trinajstić information content (AvgIpc) is 2.63. The van der Waals surface area contributed by atoms with Crippen LogP contribution in [-0.4, -0.2) is 20.9 Å². The van der Waals surface area contributed by atoms with E-state index in [-0.39, 0.29) is 5.69 Å². The molecule has 1 N–H and O–H groups in total. The summed E-state index contributed by atoms with van der Waals surface area (Å²) in [6.07, 6.45) is -0.627. The van der Waals surface area contributed by atoms with Gasteiger partial charge in [0.1, 0.15) is 12.0 Å². The van der Waals surface area contributed by atoms with Crippen LogP contribution in [0.4, 0.5) is 18.9 Å². The predicted octanol–water partition coefficient (Wildman–Crippen LogP) is 4.57. The zero-order valence-electron chi connectivity index (χ0n) is 13.0. The first-order chi connectivity index (χ1) is 12.3. The maximum Gasteiger partial charge on any atom is 0.418 e. The van der Waals surface area contributed by atoms with Gasteiger partial charge in [-0.3, -0.25) is 4.79 Å². The highest BCUT2D eigenvalue weighted by atomic mass is 79.9. The predicted molar refractivity (Wildman–Crippen MR) is 92.4 cm³/mol. The van der Waals surface area contributed by atoms with E-state index in [1.54, 1.807) is 24.3 Å². The van der Waals surface area contributed by atoms with E-state index in [9.17, 15) is 18.0 Å². The summed E-state index contributed by atoms with van der Waals surface area (Å²) in [5.41, 5.74) is -0.922. The number of benzene rings is 1. The van der Waals surface area contributed by atoms with Crippen LogP contribution < -0.4 is 5.32 Å². The average molecular weight is 423 g/mol. The lowest BCUT2D eigenvalue weighted by molar-refractivity contribution is -0.138. The van der Waals surface area contributed by atoms with Crippen LogP contribution in [0.15, 0.2) is 59.6 Å². The third-order valence-corrected chi connectivity index (χ3v) is 3.90. The summed E-state index contributed by atoms with van der Waals surface area (Å²) < 4.78 is 40.6. The van der Waals surface area contributed by atoms with Gasteiger partial charge in [0.25, 0.3) is 5.91 Å². The Hall–Kier alpha value is -2.81. The summed E-state index contributed by atoms with van der Waals surface area (Å²) in [6.45, 7) is 0. The Morgan fingerprint density at radius 2 is 1.65 bits per heavy atom. The van der Waals surface area contributed by atoms with Crippen LogP contribution in [0.3, 0.4) is 0 Å². The Labute approximate surface area is 154 Å². The first kappa shape index (κ1) is 18.0. The van der Waals surface area contributed by atoms with Gasteiger partial charge >= 0.3 is 6.18 Å². The number of nitrogens with zero attached hydrogens (tertiary/aromatic N) is 3. The van der Waals surface area contributed by atoms with Crippen LogP contribution in [0.25, 0.3) is 11.3 Å². The van der Waals surface area contributed by atoms with Gasteiger partial charge in [0.05, 0.1) is 11.3 Å². The summed E-state index contributed by atoms with van der Waals surface area (Å²) in [5, 5.41) is 2.42. The molecule has 0 aliphatic carbocycles. The van der Waals surface area contributed by atoms with Gasteiger partial charge in [-0.05, 0) is 36.4 Å². The van der Waals surface area contributed by atoms with E-state index in [2.05, 4.69) is 36.2 Å². The molecule has 0 saturated heterocycles. The van der Waals surface area contributed by atoms with Crippen LogP contribution in [0.1, 0.15) is 16.1 Å². The summed E-state index contributed by atoms with van der Waals surface area (Å²) in [7, 11) is 0. The zero-order chi connectivity index (χ0) is 18.7. The first-order valence-electron chi connectivity index (χ1n) is 7.25. The SMILES string of the molecule is O=C(Nc1ccc(Br)cc1)c1nc(-c2cncnc2)ccc1C(F)(F)F. The second-order valence-corrected chi connectivity index (χ2v) is 6.09. The molecule has 0 aliphatic heterocycles. The first-order valence-corrected chi connectivity index (χ1v) is 8.04. The summed E-state index contributed by atoms with van der Waals surface area (Å²) in [6, 6.07) is 8.44. The number of alkyl halides is 3. The molecule has 1 aromatic carbocycles. The van der Waals surface area contributed by atoms with Crippen molar-refractivity contribution in [2.24, 2.45) is 0 Å². The molecule has 0 fully saturated rings. The highest BCUT2D eigenvalue weighted by Gasteiger charge is 2.36. The molecule has 1 amide bonds. The highest BCUT2D eigenvalue weighted by Crippen LogP contribution is 2.33. The fraction of sp³-hybridized carbons (Fsp3) is 0.0588. The topological polar surface area (TPSA) is 67.8 Å². The molecule has 2 heterocycles. The molecule has 26 heavy (non-hydrogen) atoms. The van der Waals surface area contributed by atoms with Gasteiger partial charge in [-0.25, -0.2) is 15.0 Å². The lowest BCUT2D eigenvalue weighted by Gasteiger charge is -2.13. The van der Waals surface area contributed by atoms with E-state index in [4.69, 9.17) is 0 Å². The molecule has 3 rings (SSSR count). The Morgan fingerprint density at radius 1 is 1.00 bits per heavy atom. The number of nitrogens with one attached hydrogen (secondary N) is 1. The van der Waals surface area contributed by atoms with Crippen molar-refractivity contribution in [2.75, 3.05) is 5.32 Å². The smallest absolute Gasteiger partial charge is 0.321 e. The van der Waals surface area contributed by atoms with Gasteiger partial charge in [0.2, 0.25) is 0 Å². The van der Waals surface area contributed by atoms with Gasteiger partial charge in [0, 0.05) is 28.1 Å². The molecule has 0 saturated carbocycles. The lowest BCUT2D eigenvalue weighted by Crippen LogP contribution is -2.20. The third kappa shape index (κ3) is 4.05. The zero-order valence-corrected chi connectivity index (χ0v) is 14.5. The number of halogens is 4. The van der Waals surface area contributed by atoms with Crippen LogP contribution in [0.2, 0.25) is 0 Å². The molecule has 2 aromatic heterocycles. The number of amides is 1. The molecule has 0 bridgehead atoms. The van der Waals surface area contributed by atoms with Crippen molar-refractivity contribution in [1.29, 1.82) is 0 Å². The number of carbonyl (C=O) groups excluding carboxylic acids is 1. The van der Waals surface area contributed by atoms with Crippen molar-refractivity contribution in [3.05, 3.63) is 70.8 Å². The Morgan fingerprint density at radius 3 is 2.27 bits per heavy atom. The van der Waals surface area contributed by atoms with Gasteiger partial charge in [0.15, 0.2) is 0 Å². The highest BCUT2D eigenvalue weighted by molar-refractivity contribution is 9.10. The normalized spacial score (nSPS) is 11.2. The minimum absolute atomic E-state index is 0.166. The van der Waals surface area contributed by atoms with Crippen LogP contribution >= 0.6 is 15.9 Å². The quantitative estimate of drug-likeness (QED) is 0.670. The van der Waals surface area contributed by atoms with Crippen LogP contribution in [0, 0.1) is 0 Å². The molecule has 5 nitrogen and oxygen atoms in total. The minimum Gasteiger partial charge on any atom is -0.321 e. The standard InChI is InChI=1S/C17H10BrF3N4O/c18-11-1-3-12(4-2-11)24-16(26)15-13(17(19,20)21)5-6-14(25-15)10-7-22-9-23-8-10/h1-9H,(H,24,26). The molecule has 0 spiro atoms. The maximum atomic E-state index is 13.3. The van der Waals surface area contributed by atoms with Gasteiger partial charge in [-0.1, -0.05) is 15.9 Å². The fourth-order valence-electron chi connectivity index (χ4n) is 2.18. The molecular formula is C17H10BrF3N4O. The van der Waals surface area contributed by atoms with Crippen molar-refractivity contribution in [2.45, 2.75) is 6.18 Å². The maximum absolute atomic E-state index is 13.3. The number of anilines is 1. The molecule has 132 valence electrons. The number of hydrogen-bond donors (Lipinski definition) is 1. The number of aromatic nitrogens is 3. The minimum atomic E-state index is -4.72. The summed E-state index contributed by atoms with van der Waals surface area (Å²) in [5.74, 6) is -0.960. The van der Waals surface area contributed by atoms with Crippen molar-refractivity contribution in [3.63, 3.8) is 0 Å². The second-order valence-electron chi connectivity index (χ2n) is 5.18. The Balaban J connectivity index is 2.01. The van der Waals surface area contributed by atoms with Crippen molar-refractivity contribution >= 4 is 27.5 Å². The van der Waals surface area contributed by atoms with E-state index in [0.717, 1.165) is 10.5 Å². The number of rotatable bonds is 3. The lowest BCUT2D eigenvalue weighted by atomic mass is 10.1. The molecule has 3 aromatic rings. The van der Waals surface area contributed by atoms with Gasteiger partial charge in [-0.2, -0.15) is 13.2 Å². The van der Waals surface area contributed by atoms with Gasteiger partial charge < -0.3 is 5.32 Å². The Bertz CT molecular complexity index is 931. The third-order valence-electron chi connectivity index (χ3n) is 3.37. The largest absolute Gasteiger partial charge is 0.418 e. The van der Waals surface area contributed by atoms with E-state index in [1.165, 1.54) is 24.8 Å². The van der Waals surface area contributed by atoms with Crippen molar-refractivity contribution < 1.29 is 18.0 Å². The molecule has 0 unspecified atom stereocenters. The summed E-state index contributed by atoms with van der Waals surface area (Å²) >= 11 is 3.24. The molecule has 9 heteroatoms. The molecule has 0 radical (unpaired) electrons. The molecule has 0 atom stereocenters. The number of pyridine rings is 1. The number of carbonyl (C=O) groups is 1. The van der Waals surface area contributed by atoms with Crippen molar-refractivity contribution in [3.8, 4) is 11.3 Å². The monoisotopic (exact) mass is 422 g/mol. The van der Waals surface area contributed by atoms with E-state index in [1.807, 2.05) is 0 Å². The van der Waals surface area contributed by atoms with E-state index < -0.39 is 23.3 Å². The fourth-order valence-corrected chi connectivity index (χ4v) is 2.44. The van der Waals surface area contributed by atoms with E-state index >= 15 is 0 Å². The number of hydrogen-bond acceptors (Lipinski definition) is 4. The van der Waals surface area contributed by atoms with Crippen LogP contribution in [0.5, 0.6) is 0 Å². The van der Waals surface area contributed by atoms with Gasteiger partial charge in [-0.15, -0.1) is 0 Å². The summed E-state index contributed by atoms with van der Waals surface area (Å²) in [4.78, 5) is 23.9. The molecule has 0 aliphatic rings. The van der Waals surface area contributed by atoms with Crippen LogP contribution in [-0.2, 0) is 6.18 Å². The molecular weight excluding hydrogens is 413 g/mol. The van der Waals surface area contributed by atoms with Crippen molar-refractivity contribution in [1.82, 2.24) is 15.0 Å². The second kappa shape index (κ2) is 7.20. The van der Waals surface area contributed by atoms with E-state index in [0.29, 0.717) is 11.3 Å². The Kier molecular flexibility index (Phi) is 4.99.